The van der Waals surface area contributed by atoms with Gasteiger partial charge in [-0.3, -0.25) is 4.57 Å². The van der Waals surface area contributed by atoms with Gasteiger partial charge < -0.3 is 4.42 Å². The third-order valence-corrected chi connectivity index (χ3v) is 13.4. The van der Waals surface area contributed by atoms with Gasteiger partial charge in [0.15, 0.2) is 11.6 Å². The molecule has 63 heavy (non-hydrogen) atoms. The summed E-state index contributed by atoms with van der Waals surface area (Å²) in [5, 5.41) is 7.00. The van der Waals surface area contributed by atoms with E-state index in [-0.39, 0.29) is 0 Å². The topological polar surface area (TPSA) is 56.7 Å². The number of thiophene rings is 1. The van der Waals surface area contributed by atoms with E-state index in [9.17, 15) is 0 Å². The lowest BCUT2D eigenvalue weighted by Gasteiger charge is -2.14. The van der Waals surface area contributed by atoms with Gasteiger partial charge in [-0.2, -0.15) is 9.97 Å². The van der Waals surface area contributed by atoms with E-state index in [1.807, 2.05) is 65.9 Å². The average molecular weight is 823 g/mol. The highest BCUT2D eigenvalue weighted by atomic mass is 32.1. The van der Waals surface area contributed by atoms with Gasteiger partial charge in [-0.05, 0) is 82.4 Å². The Kier molecular flexibility index (Phi) is 8.01. The summed E-state index contributed by atoms with van der Waals surface area (Å²) < 4.78 is 11.2. The number of furan rings is 1. The molecule has 4 heterocycles. The zero-order valence-electron chi connectivity index (χ0n) is 33.7. The van der Waals surface area contributed by atoms with Crippen LogP contribution in [-0.2, 0) is 0 Å². The van der Waals surface area contributed by atoms with Crippen LogP contribution in [0.4, 0.5) is 0 Å². The monoisotopic (exact) mass is 822 g/mol. The zero-order valence-corrected chi connectivity index (χ0v) is 34.6. The first-order valence-electron chi connectivity index (χ1n) is 21.1. The Balaban J connectivity index is 0.974. The van der Waals surface area contributed by atoms with Gasteiger partial charge >= 0.3 is 0 Å². The van der Waals surface area contributed by atoms with Crippen LogP contribution in [0.2, 0.25) is 0 Å². The normalized spacial score (nSPS) is 11.8. The first-order chi connectivity index (χ1) is 31.2. The Morgan fingerprint density at radius 1 is 0.349 bits per heavy atom. The number of nitrogens with zero attached hydrogens (tertiary/aromatic N) is 4. The molecule has 0 N–H and O–H groups in total. The largest absolute Gasteiger partial charge is 0.456 e. The molecule has 0 aliphatic heterocycles. The smallest absolute Gasteiger partial charge is 0.238 e. The van der Waals surface area contributed by atoms with Crippen molar-refractivity contribution in [2.45, 2.75) is 0 Å². The summed E-state index contributed by atoms with van der Waals surface area (Å²) in [6.07, 6.45) is 0. The SMILES string of the molecule is c1ccc(-c2nc(-c3ccc4c(c3)oc3ccccc34)nc(-n3c4ccccc4c4cccc(-c5cccc(-c6cccc(-c7ccc8sc9ccccc9c8c7)c6)c5)c43)n2)cc1. The van der Waals surface area contributed by atoms with Gasteiger partial charge in [-0.25, -0.2) is 4.98 Å². The quantitative estimate of drug-likeness (QED) is 0.168. The van der Waals surface area contributed by atoms with E-state index in [1.54, 1.807) is 0 Å². The third-order valence-electron chi connectivity index (χ3n) is 12.3. The standard InChI is InChI=1S/C57H34N4OS/c1-2-13-35(14-3-1)55-58-56(41-27-29-45-44-20-5-8-25-50(44)62-51(45)34-41)60-57(59-55)61-49-24-7-4-19-43(49)47-23-12-22-42(54(47)61)40-18-11-17-38(32-40)36-15-10-16-37(31-36)39-28-30-53-48(33-39)46-21-6-9-26-52(46)63-53/h1-34H. The van der Waals surface area contributed by atoms with Crippen molar-refractivity contribution in [2.75, 3.05) is 0 Å². The highest BCUT2D eigenvalue weighted by Crippen LogP contribution is 2.41. The zero-order chi connectivity index (χ0) is 41.4. The lowest BCUT2D eigenvalue weighted by molar-refractivity contribution is 0.669. The van der Waals surface area contributed by atoms with Crippen molar-refractivity contribution in [3.63, 3.8) is 0 Å². The molecule has 0 fully saturated rings. The van der Waals surface area contributed by atoms with E-state index in [2.05, 4.69) is 156 Å². The first-order valence-corrected chi connectivity index (χ1v) is 21.9. The fraction of sp³-hybridized carbons (Fsp3) is 0. The summed E-state index contributed by atoms with van der Waals surface area (Å²) in [5.41, 5.74) is 12.3. The average Bonchev–Trinajstić information content (AvgIpc) is 4.03. The Labute approximate surface area is 365 Å². The summed E-state index contributed by atoms with van der Waals surface area (Å²) in [4.78, 5) is 15.7. The fourth-order valence-corrected chi connectivity index (χ4v) is 10.4. The molecule has 0 aliphatic carbocycles. The van der Waals surface area contributed by atoms with Gasteiger partial charge in [0.1, 0.15) is 11.2 Å². The van der Waals surface area contributed by atoms with Crippen LogP contribution in [0.3, 0.4) is 0 Å². The van der Waals surface area contributed by atoms with Crippen LogP contribution < -0.4 is 0 Å². The number of hydrogen-bond donors (Lipinski definition) is 0. The molecule has 5 nitrogen and oxygen atoms in total. The van der Waals surface area contributed by atoms with Crippen molar-refractivity contribution in [2.24, 2.45) is 0 Å². The van der Waals surface area contributed by atoms with Crippen LogP contribution >= 0.6 is 11.3 Å². The molecule has 9 aromatic carbocycles. The van der Waals surface area contributed by atoms with Crippen LogP contribution in [0.15, 0.2) is 211 Å². The molecule has 0 radical (unpaired) electrons. The van der Waals surface area contributed by atoms with Gasteiger partial charge in [-0.15, -0.1) is 11.3 Å². The molecule has 13 aromatic rings. The van der Waals surface area contributed by atoms with Crippen LogP contribution in [-0.4, -0.2) is 19.5 Å². The Bertz CT molecular complexity index is 3940. The summed E-state index contributed by atoms with van der Waals surface area (Å²) in [5.74, 6) is 1.70. The van der Waals surface area contributed by atoms with E-state index in [1.165, 1.54) is 31.3 Å². The third kappa shape index (κ3) is 5.87. The molecular weight excluding hydrogens is 789 g/mol. The molecule has 0 saturated carbocycles. The minimum Gasteiger partial charge on any atom is -0.456 e. The van der Waals surface area contributed by atoms with Crippen molar-refractivity contribution < 1.29 is 4.42 Å². The molecule has 0 aliphatic rings. The van der Waals surface area contributed by atoms with E-state index < -0.39 is 0 Å². The van der Waals surface area contributed by atoms with Crippen LogP contribution in [0.1, 0.15) is 0 Å². The van der Waals surface area contributed by atoms with Gasteiger partial charge in [-0.1, -0.05) is 152 Å². The molecule has 0 saturated heterocycles. The second-order valence-electron chi connectivity index (χ2n) is 16.0. The summed E-state index contributed by atoms with van der Waals surface area (Å²) in [6, 6.07) is 72.9. The highest BCUT2D eigenvalue weighted by Gasteiger charge is 2.21. The number of fused-ring (bicyclic) bond motifs is 9. The van der Waals surface area contributed by atoms with Gasteiger partial charge in [0, 0.05) is 58.4 Å². The van der Waals surface area contributed by atoms with Crippen LogP contribution in [0.25, 0.3) is 126 Å². The van der Waals surface area contributed by atoms with Gasteiger partial charge in [0.25, 0.3) is 0 Å². The van der Waals surface area contributed by atoms with E-state index in [0.717, 1.165) is 77.1 Å². The van der Waals surface area contributed by atoms with Crippen molar-refractivity contribution in [1.82, 2.24) is 19.5 Å². The molecular formula is C57H34N4OS. The number of aromatic nitrogens is 4. The van der Waals surface area contributed by atoms with Gasteiger partial charge in [0.2, 0.25) is 5.95 Å². The fourth-order valence-electron chi connectivity index (χ4n) is 9.28. The number of benzene rings is 9. The Morgan fingerprint density at radius 3 is 1.78 bits per heavy atom. The number of rotatable bonds is 6. The molecule has 0 amide bonds. The van der Waals surface area contributed by atoms with Crippen molar-refractivity contribution in [3.8, 4) is 62.1 Å². The molecule has 4 aromatic heterocycles. The maximum absolute atomic E-state index is 6.33. The minimum absolute atomic E-state index is 0.543. The molecule has 0 spiro atoms. The highest BCUT2D eigenvalue weighted by molar-refractivity contribution is 7.25. The lowest BCUT2D eigenvalue weighted by atomic mass is 9.95. The maximum atomic E-state index is 6.33. The van der Waals surface area contributed by atoms with Crippen LogP contribution in [0, 0.1) is 0 Å². The Morgan fingerprint density at radius 2 is 0.937 bits per heavy atom. The first kappa shape index (κ1) is 35.6. The van der Waals surface area contributed by atoms with E-state index >= 15 is 0 Å². The van der Waals surface area contributed by atoms with Gasteiger partial charge in [0.05, 0.1) is 11.0 Å². The summed E-state index contributed by atoms with van der Waals surface area (Å²) in [6.45, 7) is 0. The second kappa shape index (κ2) is 14.2. The second-order valence-corrected chi connectivity index (χ2v) is 17.1. The summed E-state index contributed by atoms with van der Waals surface area (Å²) >= 11 is 1.85. The number of para-hydroxylation sites is 3. The van der Waals surface area contributed by atoms with Crippen molar-refractivity contribution >= 4 is 75.3 Å². The Hall–Kier alpha value is -8.19. The minimum atomic E-state index is 0.543. The number of hydrogen-bond acceptors (Lipinski definition) is 5. The molecule has 0 unspecified atom stereocenters. The molecule has 294 valence electrons. The van der Waals surface area contributed by atoms with E-state index in [0.29, 0.717) is 17.6 Å². The van der Waals surface area contributed by atoms with Crippen molar-refractivity contribution in [3.05, 3.63) is 206 Å². The predicted molar refractivity (Wildman–Crippen MR) is 262 cm³/mol. The van der Waals surface area contributed by atoms with E-state index in [4.69, 9.17) is 19.4 Å². The molecule has 0 atom stereocenters. The predicted octanol–water partition coefficient (Wildman–Crippen LogP) is 15.6. The maximum Gasteiger partial charge on any atom is 0.238 e. The molecule has 13 rings (SSSR count). The molecule has 6 heteroatoms. The van der Waals surface area contributed by atoms with Crippen molar-refractivity contribution in [1.29, 1.82) is 0 Å². The van der Waals surface area contributed by atoms with Crippen LogP contribution in [0.5, 0.6) is 0 Å². The molecule has 0 bridgehead atoms. The summed E-state index contributed by atoms with van der Waals surface area (Å²) in [7, 11) is 0. The lowest BCUT2D eigenvalue weighted by Crippen LogP contribution is -2.07.